The number of halogens is 1. The van der Waals surface area contributed by atoms with Crippen LogP contribution in [0.4, 0.5) is 4.39 Å². The van der Waals surface area contributed by atoms with Crippen molar-refractivity contribution < 1.29 is 4.39 Å². The van der Waals surface area contributed by atoms with Crippen LogP contribution < -0.4 is 5.32 Å². The van der Waals surface area contributed by atoms with Crippen molar-refractivity contribution in [3.63, 3.8) is 0 Å². The minimum atomic E-state index is -0.147. The molecule has 0 aliphatic heterocycles. The summed E-state index contributed by atoms with van der Waals surface area (Å²) in [6.45, 7) is 2.64. The highest BCUT2D eigenvalue weighted by Crippen LogP contribution is 2.28. The van der Waals surface area contributed by atoms with Crippen molar-refractivity contribution in [3.8, 4) is 10.4 Å². The maximum absolute atomic E-state index is 13.4. The van der Waals surface area contributed by atoms with E-state index < -0.39 is 0 Å². The summed E-state index contributed by atoms with van der Waals surface area (Å²) in [4.78, 5) is 2.46. The van der Waals surface area contributed by atoms with E-state index in [1.165, 1.54) is 15.8 Å². The maximum atomic E-state index is 13.4. The van der Waals surface area contributed by atoms with Gasteiger partial charge in [-0.15, -0.1) is 11.3 Å². The van der Waals surface area contributed by atoms with Crippen LogP contribution >= 0.6 is 11.3 Å². The first-order valence-corrected chi connectivity index (χ1v) is 6.02. The van der Waals surface area contributed by atoms with Gasteiger partial charge in [0.05, 0.1) is 0 Å². The monoisotopic (exact) mass is 235 g/mol. The Hall–Kier alpha value is -1.19. The van der Waals surface area contributed by atoms with Gasteiger partial charge < -0.3 is 5.32 Å². The molecule has 0 atom stereocenters. The van der Waals surface area contributed by atoms with Crippen LogP contribution in [0.2, 0.25) is 0 Å². The second-order valence-electron chi connectivity index (χ2n) is 3.75. The zero-order valence-corrected chi connectivity index (χ0v) is 10.2. The Labute approximate surface area is 98.9 Å². The van der Waals surface area contributed by atoms with Crippen LogP contribution in [0.3, 0.4) is 0 Å². The van der Waals surface area contributed by atoms with Gasteiger partial charge in [-0.1, -0.05) is 6.07 Å². The van der Waals surface area contributed by atoms with Gasteiger partial charge in [-0.05, 0) is 43.8 Å². The fourth-order valence-electron chi connectivity index (χ4n) is 1.64. The molecule has 1 aromatic heterocycles. The second-order valence-corrected chi connectivity index (χ2v) is 5.03. The quantitative estimate of drug-likeness (QED) is 0.857. The van der Waals surface area contributed by atoms with E-state index in [4.69, 9.17) is 0 Å². The molecule has 0 saturated heterocycles. The molecule has 0 spiro atoms. The van der Waals surface area contributed by atoms with E-state index in [0.717, 1.165) is 5.56 Å². The first-order chi connectivity index (χ1) is 7.70. The van der Waals surface area contributed by atoms with Crippen LogP contribution in [-0.2, 0) is 6.54 Å². The summed E-state index contributed by atoms with van der Waals surface area (Å²) < 4.78 is 13.4. The summed E-state index contributed by atoms with van der Waals surface area (Å²) in [5.74, 6) is -0.147. The van der Waals surface area contributed by atoms with E-state index in [1.54, 1.807) is 11.3 Å². The summed E-state index contributed by atoms with van der Waals surface area (Å²) in [7, 11) is 1.82. The standard InChI is InChI=1S/C13H14FNS/c1-9-3-6-13(16-9)10-4-5-12(14)11(7-10)8-15-2/h3-7,15H,8H2,1-2H3. The molecule has 0 saturated carbocycles. The summed E-state index contributed by atoms with van der Waals surface area (Å²) in [5.41, 5.74) is 1.80. The average molecular weight is 235 g/mol. The Balaban J connectivity index is 2.39. The molecule has 1 N–H and O–H groups in total. The van der Waals surface area contributed by atoms with Crippen molar-refractivity contribution >= 4 is 11.3 Å². The van der Waals surface area contributed by atoms with Gasteiger partial charge in [-0.2, -0.15) is 0 Å². The van der Waals surface area contributed by atoms with Crippen LogP contribution in [0, 0.1) is 12.7 Å². The van der Waals surface area contributed by atoms with Crippen molar-refractivity contribution in [2.75, 3.05) is 7.05 Å². The van der Waals surface area contributed by atoms with Crippen LogP contribution in [0.5, 0.6) is 0 Å². The Morgan fingerprint density at radius 3 is 2.69 bits per heavy atom. The number of aryl methyl sites for hydroxylation is 1. The molecule has 1 aromatic carbocycles. The third kappa shape index (κ3) is 2.31. The number of hydrogen-bond acceptors (Lipinski definition) is 2. The first-order valence-electron chi connectivity index (χ1n) is 5.20. The van der Waals surface area contributed by atoms with Crippen LogP contribution in [0.1, 0.15) is 10.4 Å². The predicted octanol–water partition coefficient (Wildman–Crippen LogP) is 3.58. The molecular weight excluding hydrogens is 221 g/mol. The average Bonchev–Trinajstić information content (AvgIpc) is 2.69. The Bertz CT molecular complexity index is 490. The Kier molecular flexibility index (Phi) is 3.36. The lowest BCUT2D eigenvalue weighted by Crippen LogP contribution is -2.06. The fourth-order valence-corrected chi connectivity index (χ4v) is 2.51. The van der Waals surface area contributed by atoms with Crippen LogP contribution in [0.15, 0.2) is 30.3 Å². The highest BCUT2D eigenvalue weighted by Gasteiger charge is 2.05. The molecule has 0 bridgehead atoms. The van der Waals surface area contributed by atoms with Crippen LogP contribution in [-0.4, -0.2) is 7.05 Å². The van der Waals surface area contributed by atoms with E-state index in [1.807, 2.05) is 19.2 Å². The normalized spacial score (nSPS) is 10.7. The van der Waals surface area contributed by atoms with E-state index in [-0.39, 0.29) is 5.82 Å². The van der Waals surface area contributed by atoms with Gasteiger partial charge in [0.15, 0.2) is 0 Å². The number of thiophene rings is 1. The minimum Gasteiger partial charge on any atom is -0.316 e. The van der Waals surface area contributed by atoms with E-state index in [9.17, 15) is 4.39 Å². The molecule has 0 aliphatic rings. The van der Waals surface area contributed by atoms with E-state index in [0.29, 0.717) is 12.1 Å². The number of nitrogens with one attached hydrogen (secondary N) is 1. The maximum Gasteiger partial charge on any atom is 0.127 e. The zero-order chi connectivity index (χ0) is 11.5. The SMILES string of the molecule is CNCc1cc(-c2ccc(C)s2)ccc1F. The Morgan fingerprint density at radius 1 is 1.25 bits per heavy atom. The second kappa shape index (κ2) is 4.76. The molecule has 2 aromatic rings. The van der Waals surface area contributed by atoms with Crippen molar-refractivity contribution in [3.05, 3.63) is 46.6 Å². The van der Waals surface area contributed by atoms with Gasteiger partial charge in [-0.3, -0.25) is 0 Å². The molecule has 0 aliphatic carbocycles. The van der Waals surface area contributed by atoms with Crippen molar-refractivity contribution in [2.24, 2.45) is 0 Å². The molecule has 2 rings (SSSR count). The van der Waals surface area contributed by atoms with E-state index in [2.05, 4.69) is 24.4 Å². The lowest BCUT2D eigenvalue weighted by molar-refractivity contribution is 0.601. The van der Waals surface area contributed by atoms with Crippen LogP contribution in [0.25, 0.3) is 10.4 Å². The highest BCUT2D eigenvalue weighted by atomic mass is 32.1. The molecule has 3 heteroatoms. The minimum absolute atomic E-state index is 0.147. The molecule has 0 radical (unpaired) electrons. The lowest BCUT2D eigenvalue weighted by Gasteiger charge is -2.04. The van der Waals surface area contributed by atoms with Gasteiger partial charge in [0.1, 0.15) is 5.82 Å². The summed E-state index contributed by atoms with van der Waals surface area (Å²) in [6.07, 6.45) is 0. The van der Waals surface area contributed by atoms with Crippen molar-refractivity contribution in [2.45, 2.75) is 13.5 Å². The molecular formula is C13H14FNS. The zero-order valence-electron chi connectivity index (χ0n) is 9.38. The molecule has 0 amide bonds. The summed E-state index contributed by atoms with van der Waals surface area (Å²) in [6, 6.07) is 9.45. The fraction of sp³-hybridized carbons (Fsp3) is 0.231. The summed E-state index contributed by atoms with van der Waals surface area (Å²) >= 11 is 1.73. The van der Waals surface area contributed by atoms with Gasteiger partial charge in [0.2, 0.25) is 0 Å². The van der Waals surface area contributed by atoms with Gasteiger partial charge in [-0.25, -0.2) is 4.39 Å². The molecule has 0 fully saturated rings. The van der Waals surface area contributed by atoms with Gasteiger partial charge in [0.25, 0.3) is 0 Å². The third-order valence-corrected chi connectivity index (χ3v) is 3.49. The number of rotatable bonds is 3. The first kappa shape index (κ1) is 11.3. The number of benzene rings is 1. The third-order valence-electron chi connectivity index (χ3n) is 2.44. The molecule has 1 nitrogen and oxygen atoms in total. The highest BCUT2D eigenvalue weighted by molar-refractivity contribution is 7.15. The topological polar surface area (TPSA) is 12.0 Å². The lowest BCUT2D eigenvalue weighted by atomic mass is 10.1. The molecule has 1 heterocycles. The van der Waals surface area contributed by atoms with Gasteiger partial charge in [0, 0.05) is 21.9 Å². The summed E-state index contributed by atoms with van der Waals surface area (Å²) in [5, 5.41) is 2.97. The predicted molar refractivity (Wildman–Crippen MR) is 67.2 cm³/mol. The van der Waals surface area contributed by atoms with Crippen molar-refractivity contribution in [1.82, 2.24) is 5.32 Å². The number of hydrogen-bond donors (Lipinski definition) is 1. The Morgan fingerprint density at radius 2 is 2.06 bits per heavy atom. The van der Waals surface area contributed by atoms with Crippen molar-refractivity contribution in [1.29, 1.82) is 0 Å². The van der Waals surface area contributed by atoms with E-state index >= 15 is 0 Å². The largest absolute Gasteiger partial charge is 0.316 e. The molecule has 0 unspecified atom stereocenters. The smallest absolute Gasteiger partial charge is 0.127 e. The molecule has 16 heavy (non-hydrogen) atoms. The molecule has 84 valence electrons. The van der Waals surface area contributed by atoms with Gasteiger partial charge >= 0.3 is 0 Å².